The Morgan fingerprint density at radius 2 is 1.85 bits per heavy atom. The zero-order valence-electron chi connectivity index (χ0n) is 19.8. The van der Waals surface area contributed by atoms with Gasteiger partial charge in [-0.15, -0.1) is 24.0 Å². The molecule has 0 spiro atoms. The number of hydrogen-bond donors (Lipinski definition) is 2. The van der Waals surface area contributed by atoms with Crippen LogP contribution in [0.1, 0.15) is 31.7 Å². The number of ether oxygens (including phenoxy) is 2. The number of rotatable bonds is 7. The summed E-state index contributed by atoms with van der Waals surface area (Å²) < 4.78 is 11.1. The van der Waals surface area contributed by atoms with Gasteiger partial charge in [-0.2, -0.15) is 0 Å². The topological polar surface area (TPSA) is 58.1 Å². The highest BCUT2D eigenvalue weighted by atomic mass is 127. The molecular weight excluding hydrogens is 527 g/mol. The van der Waals surface area contributed by atoms with Gasteiger partial charge in [-0.1, -0.05) is 30.3 Å². The SMILES string of the molecule is CCNC(=NCC1(c2ccc(OC)cc2)CCOCC1)NC1CCN(c2ccccc2)C1.I. The van der Waals surface area contributed by atoms with Gasteiger partial charge in [-0.3, -0.25) is 4.99 Å². The van der Waals surface area contributed by atoms with Crippen molar-refractivity contribution in [1.82, 2.24) is 10.6 Å². The molecule has 0 aromatic heterocycles. The van der Waals surface area contributed by atoms with Crippen molar-refractivity contribution < 1.29 is 9.47 Å². The van der Waals surface area contributed by atoms with Crippen LogP contribution < -0.4 is 20.3 Å². The lowest BCUT2D eigenvalue weighted by atomic mass is 9.74. The molecule has 1 atom stereocenters. The summed E-state index contributed by atoms with van der Waals surface area (Å²) in [5.41, 5.74) is 2.61. The van der Waals surface area contributed by atoms with Gasteiger partial charge < -0.3 is 25.0 Å². The van der Waals surface area contributed by atoms with Crippen LogP contribution >= 0.6 is 24.0 Å². The summed E-state index contributed by atoms with van der Waals surface area (Å²) in [7, 11) is 1.71. The molecule has 1 unspecified atom stereocenters. The summed E-state index contributed by atoms with van der Waals surface area (Å²) >= 11 is 0. The summed E-state index contributed by atoms with van der Waals surface area (Å²) in [4.78, 5) is 7.52. The third-order valence-corrected chi connectivity index (χ3v) is 6.69. The fourth-order valence-corrected chi connectivity index (χ4v) is 4.74. The molecule has 180 valence electrons. The molecule has 0 bridgehead atoms. The van der Waals surface area contributed by atoms with E-state index >= 15 is 0 Å². The predicted molar refractivity (Wildman–Crippen MR) is 146 cm³/mol. The summed E-state index contributed by atoms with van der Waals surface area (Å²) in [6.07, 6.45) is 3.07. The standard InChI is InChI=1S/C26H36N4O2.HI/c1-3-27-25(29-22-13-16-30(19-22)23-7-5-4-6-8-23)28-20-26(14-17-32-18-15-26)21-9-11-24(31-2)12-10-21;/h4-12,22H,3,13-20H2,1-2H3,(H2,27,28,29);1H. The van der Waals surface area contributed by atoms with Crippen LogP contribution in [0, 0.1) is 0 Å². The van der Waals surface area contributed by atoms with Crippen molar-refractivity contribution >= 4 is 35.6 Å². The lowest BCUT2D eigenvalue weighted by Crippen LogP contribution is -2.46. The average Bonchev–Trinajstić information content (AvgIpc) is 3.32. The van der Waals surface area contributed by atoms with Crippen LogP contribution in [0.2, 0.25) is 0 Å². The molecule has 0 saturated carbocycles. The molecule has 33 heavy (non-hydrogen) atoms. The largest absolute Gasteiger partial charge is 0.497 e. The Morgan fingerprint density at radius 1 is 1.12 bits per heavy atom. The fourth-order valence-electron chi connectivity index (χ4n) is 4.74. The molecule has 0 aliphatic carbocycles. The second kappa shape index (κ2) is 12.5. The minimum absolute atomic E-state index is 0. The number of benzene rings is 2. The van der Waals surface area contributed by atoms with E-state index in [2.05, 4.69) is 77.1 Å². The molecule has 2 N–H and O–H groups in total. The molecule has 0 radical (unpaired) electrons. The van der Waals surface area contributed by atoms with Crippen LogP contribution in [-0.4, -0.2) is 58.5 Å². The maximum Gasteiger partial charge on any atom is 0.191 e. The molecule has 7 heteroatoms. The first-order chi connectivity index (χ1) is 15.7. The second-order valence-electron chi connectivity index (χ2n) is 8.73. The smallest absolute Gasteiger partial charge is 0.191 e. The Morgan fingerprint density at radius 3 is 2.52 bits per heavy atom. The molecule has 6 nitrogen and oxygen atoms in total. The molecule has 2 saturated heterocycles. The van der Waals surface area contributed by atoms with E-state index in [1.54, 1.807) is 7.11 Å². The monoisotopic (exact) mass is 564 g/mol. The number of nitrogens with one attached hydrogen (secondary N) is 2. The van der Waals surface area contributed by atoms with Crippen LogP contribution in [0.25, 0.3) is 0 Å². The first-order valence-electron chi connectivity index (χ1n) is 11.8. The van der Waals surface area contributed by atoms with Crippen LogP contribution in [0.5, 0.6) is 5.75 Å². The van der Waals surface area contributed by atoms with E-state index in [9.17, 15) is 0 Å². The minimum atomic E-state index is -0.00137. The fraction of sp³-hybridized carbons (Fsp3) is 0.500. The predicted octanol–water partition coefficient (Wildman–Crippen LogP) is 4.20. The maximum absolute atomic E-state index is 5.70. The van der Waals surface area contributed by atoms with Crippen LogP contribution in [0.4, 0.5) is 5.69 Å². The second-order valence-corrected chi connectivity index (χ2v) is 8.73. The highest BCUT2D eigenvalue weighted by Crippen LogP contribution is 2.36. The minimum Gasteiger partial charge on any atom is -0.497 e. The van der Waals surface area contributed by atoms with Crippen molar-refractivity contribution in [2.75, 3.05) is 51.4 Å². The number of nitrogens with zero attached hydrogens (tertiary/aromatic N) is 2. The highest BCUT2D eigenvalue weighted by molar-refractivity contribution is 14.0. The summed E-state index contributed by atoms with van der Waals surface area (Å²) in [6, 6.07) is 19.5. The summed E-state index contributed by atoms with van der Waals surface area (Å²) in [5.74, 6) is 1.80. The van der Waals surface area contributed by atoms with Gasteiger partial charge in [0.1, 0.15) is 5.75 Å². The summed E-state index contributed by atoms with van der Waals surface area (Å²) in [6.45, 7) is 7.32. The van der Waals surface area contributed by atoms with E-state index in [0.717, 1.165) is 70.4 Å². The molecule has 4 rings (SSSR count). The lowest BCUT2D eigenvalue weighted by Gasteiger charge is -2.37. The number of hydrogen-bond acceptors (Lipinski definition) is 4. The highest BCUT2D eigenvalue weighted by Gasteiger charge is 2.34. The number of halogens is 1. The van der Waals surface area contributed by atoms with Gasteiger partial charge in [0.2, 0.25) is 0 Å². The van der Waals surface area contributed by atoms with Gasteiger partial charge >= 0.3 is 0 Å². The molecule has 2 heterocycles. The van der Waals surface area contributed by atoms with E-state index in [0.29, 0.717) is 6.04 Å². The lowest BCUT2D eigenvalue weighted by molar-refractivity contribution is 0.0531. The Hall–Kier alpha value is -2.00. The third-order valence-electron chi connectivity index (χ3n) is 6.69. The van der Waals surface area contributed by atoms with Gasteiger partial charge in [-0.25, -0.2) is 0 Å². The van der Waals surface area contributed by atoms with Crippen molar-refractivity contribution in [3.63, 3.8) is 0 Å². The van der Waals surface area contributed by atoms with E-state index in [-0.39, 0.29) is 29.4 Å². The summed E-state index contributed by atoms with van der Waals surface area (Å²) in [5, 5.41) is 7.15. The molecule has 2 aliphatic heterocycles. The van der Waals surface area contributed by atoms with Gasteiger partial charge in [-0.05, 0) is 56.0 Å². The van der Waals surface area contributed by atoms with Gasteiger partial charge in [0.05, 0.1) is 13.7 Å². The quantitative estimate of drug-likeness (QED) is 0.300. The third kappa shape index (κ3) is 6.53. The van der Waals surface area contributed by atoms with Crippen LogP contribution in [0.15, 0.2) is 59.6 Å². The Labute approximate surface area is 215 Å². The van der Waals surface area contributed by atoms with E-state index in [1.165, 1.54) is 11.3 Å². The zero-order valence-corrected chi connectivity index (χ0v) is 22.1. The molecule has 2 fully saturated rings. The van der Waals surface area contributed by atoms with E-state index in [1.807, 2.05) is 0 Å². The number of aliphatic imine (C=N–C) groups is 1. The number of anilines is 1. The van der Waals surface area contributed by atoms with Crippen molar-refractivity contribution in [3.8, 4) is 5.75 Å². The van der Waals surface area contributed by atoms with Crippen molar-refractivity contribution in [2.24, 2.45) is 4.99 Å². The Balaban J connectivity index is 0.00000306. The van der Waals surface area contributed by atoms with Crippen molar-refractivity contribution in [3.05, 3.63) is 60.2 Å². The van der Waals surface area contributed by atoms with Crippen molar-refractivity contribution in [1.29, 1.82) is 0 Å². The Kier molecular flexibility index (Phi) is 9.67. The van der Waals surface area contributed by atoms with E-state index < -0.39 is 0 Å². The number of methoxy groups -OCH3 is 1. The van der Waals surface area contributed by atoms with Gasteiger partial charge in [0, 0.05) is 50.0 Å². The zero-order chi connectivity index (χ0) is 22.2. The molecule has 2 aliphatic rings. The normalized spacial score (nSPS) is 20.1. The van der Waals surface area contributed by atoms with Crippen LogP contribution in [-0.2, 0) is 10.2 Å². The molecular formula is C26H37IN4O2. The van der Waals surface area contributed by atoms with Crippen molar-refractivity contribution in [2.45, 2.75) is 37.6 Å². The van der Waals surface area contributed by atoms with Crippen LogP contribution in [0.3, 0.4) is 0 Å². The average molecular weight is 565 g/mol. The molecule has 2 aromatic rings. The van der Waals surface area contributed by atoms with Gasteiger partial charge in [0.25, 0.3) is 0 Å². The number of para-hydroxylation sites is 1. The first-order valence-corrected chi connectivity index (χ1v) is 11.8. The maximum atomic E-state index is 5.70. The van der Waals surface area contributed by atoms with Gasteiger partial charge in [0.15, 0.2) is 5.96 Å². The number of guanidine groups is 1. The van der Waals surface area contributed by atoms with E-state index in [4.69, 9.17) is 14.5 Å². The Bertz CT molecular complexity index is 870. The first kappa shape index (κ1) is 25.6. The molecule has 2 aromatic carbocycles. The molecule has 0 amide bonds.